The monoisotopic (exact) mass is 281 g/mol. The minimum Gasteiger partial charge on any atom is -0.357 e. The molecule has 0 amide bonds. The molecular formula is C15H21F2N3. The molecule has 0 aromatic heterocycles. The van der Waals surface area contributed by atoms with Crippen molar-refractivity contribution in [1.82, 2.24) is 10.2 Å². The molecule has 1 heterocycles. The predicted octanol–water partition coefficient (Wildman–Crippen LogP) is 2.57. The van der Waals surface area contributed by atoms with Gasteiger partial charge in [0.2, 0.25) is 0 Å². The molecule has 1 aliphatic rings. The highest BCUT2D eigenvalue weighted by molar-refractivity contribution is 5.80. The molecule has 0 radical (unpaired) electrons. The van der Waals surface area contributed by atoms with Crippen molar-refractivity contribution in [3.63, 3.8) is 0 Å². The number of hydrogen-bond donors (Lipinski definition) is 1. The van der Waals surface area contributed by atoms with Crippen molar-refractivity contribution >= 4 is 5.96 Å². The molecule has 1 aromatic rings. The van der Waals surface area contributed by atoms with Gasteiger partial charge >= 0.3 is 0 Å². The first-order valence-electron chi connectivity index (χ1n) is 7.17. The van der Waals surface area contributed by atoms with Gasteiger partial charge in [0.05, 0.1) is 0 Å². The van der Waals surface area contributed by atoms with Gasteiger partial charge in [-0.15, -0.1) is 0 Å². The van der Waals surface area contributed by atoms with Gasteiger partial charge in [-0.3, -0.25) is 4.99 Å². The Morgan fingerprint density at radius 1 is 1.20 bits per heavy atom. The number of nitrogens with one attached hydrogen (secondary N) is 1. The molecule has 0 saturated carbocycles. The number of hydrogen-bond acceptors (Lipinski definition) is 1. The minimum atomic E-state index is -0.532. The van der Waals surface area contributed by atoms with E-state index in [1.165, 1.54) is 25.0 Å². The highest BCUT2D eigenvalue weighted by Gasteiger charge is 2.15. The number of rotatable bonds is 4. The number of halogens is 2. The maximum absolute atomic E-state index is 13.1. The van der Waals surface area contributed by atoms with Gasteiger partial charge < -0.3 is 10.2 Å². The second kappa shape index (κ2) is 7.22. The average Bonchev–Trinajstić information content (AvgIpc) is 2.90. The van der Waals surface area contributed by atoms with E-state index in [0.29, 0.717) is 18.5 Å². The summed E-state index contributed by atoms with van der Waals surface area (Å²) in [5.41, 5.74) is 0.642. The zero-order chi connectivity index (χ0) is 14.4. The third-order valence-electron chi connectivity index (χ3n) is 3.32. The fourth-order valence-electron chi connectivity index (χ4n) is 2.40. The molecule has 0 bridgehead atoms. The van der Waals surface area contributed by atoms with E-state index in [-0.39, 0.29) is 0 Å². The molecule has 0 unspecified atom stereocenters. The van der Waals surface area contributed by atoms with E-state index in [9.17, 15) is 8.78 Å². The summed E-state index contributed by atoms with van der Waals surface area (Å²) in [6, 6.07) is 3.61. The standard InChI is InChI=1S/C15H21F2N3/c1-2-18-15(20-7-3-4-8-20)19-6-5-12-9-13(16)11-14(17)10-12/h9-11H,2-8H2,1H3,(H,18,19). The average molecular weight is 281 g/mol. The molecule has 0 atom stereocenters. The van der Waals surface area contributed by atoms with Crippen molar-refractivity contribution in [2.45, 2.75) is 26.2 Å². The second-order valence-corrected chi connectivity index (χ2v) is 4.96. The van der Waals surface area contributed by atoms with E-state index < -0.39 is 11.6 Å². The summed E-state index contributed by atoms with van der Waals surface area (Å²) >= 11 is 0. The molecule has 3 nitrogen and oxygen atoms in total. The van der Waals surface area contributed by atoms with Crippen molar-refractivity contribution in [3.8, 4) is 0 Å². The van der Waals surface area contributed by atoms with Crippen LogP contribution < -0.4 is 5.32 Å². The van der Waals surface area contributed by atoms with Gasteiger partial charge in [0.25, 0.3) is 0 Å². The lowest BCUT2D eigenvalue weighted by Crippen LogP contribution is -2.39. The largest absolute Gasteiger partial charge is 0.357 e. The predicted molar refractivity (Wildman–Crippen MR) is 76.8 cm³/mol. The van der Waals surface area contributed by atoms with Crippen LogP contribution in [0, 0.1) is 11.6 Å². The summed E-state index contributed by atoms with van der Waals surface area (Å²) in [5, 5.41) is 3.26. The Kier molecular flexibility index (Phi) is 5.32. The van der Waals surface area contributed by atoms with Crippen molar-refractivity contribution in [2.24, 2.45) is 4.99 Å². The van der Waals surface area contributed by atoms with Crippen molar-refractivity contribution < 1.29 is 8.78 Å². The maximum Gasteiger partial charge on any atom is 0.193 e. The Labute approximate surface area is 118 Å². The molecule has 0 aliphatic carbocycles. The Hall–Kier alpha value is -1.65. The summed E-state index contributed by atoms with van der Waals surface area (Å²) in [4.78, 5) is 6.77. The highest BCUT2D eigenvalue weighted by atomic mass is 19.1. The number of benzene rings is 1. The minimum absolute atomic E-state index is 0.529. The first-order valence-corrected chi connectivity index (χ1v) is 7.17. The van der Waals surface area contributed by atoms with Gasteiger partial charge in [0.1, 0.15) is 11.6 Å². The molecule has 1 saturated heterocycles. The number of nitrogens with zero attached hydrogens (tertiary/aromatic N) is 2. The fourth-order valence-corrected chi connectivity index (χ4v) is 2.40. The zero-order valence-corrected chi connectivity index (χ0v) is 11.8. The van der Waals surface area contributed by atoms with Crippen LogP contribution in [0.4, 0.5) is 8.78 Å². The van der Waals surface area contributed by atoms with E-state index in [4.69, 9.17) is 0 Å². The third kappa shape index (κ3) is 4.18. The lowest BCUT2D eigenvalue weighted by atomic mass is 10.1. The number of guanidine groups is 1. The third-order valence-corrected chi connectivity index (χ3v) is 3.32. The first kappa shape index (κ1) is 14.8. The molecule has 1 fully saturated rings. The van der Waals surface area contributed by atoms with E-state index in [1.54, 1.807) is 0 Å². The molecule has 2 rings (SSSR count). The smallest absolute Gasteiger partial charge is 0.193 e. The normalized spacial score (nSPS) is 15.8. The molecule has 1 N–H and O–H groups in total. The van der Waals surface area contributed by atoms with Gasteiger partial charge in [-0.25, -0.2) is 8.78 Å². The molecular weight excluding hydrogens is 260 g/mol. The van der Waals surface area contributed by atoms with Crippen molar-refractivity contribution in [1.29, 1.82) is 0 Å². The van der Waals surface area contributed by atoms with Crippen LogP contribution in [-0.4, -0.2) is 37.0 Å². The van der Waals surface area contributed by atoms with Crippen LogP contribution in [0.3, 0.4) is 0 Å². The number of likely N-dealkylation sites (tertiary alicyclic amines) is 1. The van der Waals surface area contributed by atoms with E-state index in [0.717, 1.165) is 31.7 Å². The lowest BCUT2D eigenvalue weighted by molar-refractivity contribution is 0.494. The Balaban J connectivity index is 1.95. The topological polar surface area (TPSA) is 27.6 Å². The van der Waals surface area contributed by atoms with Crippen LogP contribution >= 0.6 is 0 Å². The van der Waals surface area contributed by atoms with Crippen molar-refractivity contribution in [3.05, 3.63) is 35.4 Å². The van der Waals surface area contributed by atoms with Gasteiger partial charge in [0, 0.05) is 32.2 Å². The summed E-state index contributed by atoms with van der Waals surface area (Å²) in [5.74, 6) is -0.160. The van der Waals surface area contributed by atoms with Crippen LogP contribution in [0.15, 0.2) is 23.2 Å². The van der Waals surface area contributed by atoms with Crippen LogP contribution in [0.5, 0.6) is 0 Å². The summed E-state index contributed by atoms with van der Waals surface area (Å²) in [6.45, 7) is 5.44. The Morgan fingerprint density at radius 3 is 2.45 bits per heavy atom. The van der Waals surface area contributed by atoms with Crippen LogP contribution in [0.2, 0.25) is 0 Å². The quantitative estimate of drug-likeness (QED) is 0.678. The zero-order valence-electron chi connectivity index (χ0n) is 11.8. The van der Waals surface area contributed by atoms with E-state index in [2.05, 4.69) is 15.2 Å². The van der Waals surface area contributed by atoms with Crippen LogP contribution in [0.25, 0.3) is 0 Å². The lowest BCUT2D eigenvalue weighted by Gasteiger charge is -2.20. The number of aliphatic imine (C=N–C) groups is 1. The molecule has 0 spiro atoms. The fraction of sp³-hybridized carbons (Fsp3) is 0.533. The highest BCUT2D eigenvalue weighted by Crippen LogP contribution is 2.10. The van der Waals surface area contributed by atoms with Gasteiger partial charge in [-0.05, 0) is 43.9 Å². The maximum atomic E-state index is 13.1. The first-order chi connectivity index (χ1) is 9.69. The van der Waals surface area contributed by atoms with Crippen LogP contribution in [0.1, 0.15) is 25.3 Å². The van der Waals surface area contributed by atoms with Crippen LogP contribution in [-0.2, 0) is 6.42 Å². The Bertz CT molecular complexity index is 448. The van der Waals surface area contributed by atoms with Crippen molar-refractivity contribution in [2.75, 3.05) is 26.2 Å². The molecule has 1 aliphatic heterocycles. The molecule has 5 heteroatoms. The van der Waals surface area contributed by atoms with E-state index >= 15 is 0 Å². The summed E-state index contributed by atoms with van der Waals surface area (Å²) < 4.78 is 26.2. The summed E-state index contributed by atoms with van der Waals surface area (Å²) in [6.07, 6.45) is 2.93. The van der Waals surface area contributed by atoms with Gasteiger partial charge in [0.15, 0.2) is 5.96 Å². The van der Waals surface area contributed by atoms with Gasteiger partial charge in [-0.2, -0.15) is 0 Å². The van der Waals surface area contributed by atoms with E-state index in [1.807, 2.05) is 6.92 Å². The summed E-state index contributed by atoms with van der Waals surface area (Å²) in [7, 11) is 0. The second-order valence-electron chi connectivity index (χ2n) is 4.96. The molecule has 1 aromatic carbocycles. The van der Waals surface area contributed by atoms with Gasteiger partial charge in [-0.1, -0.05) is 0 Å². The molecule has 110 valence electrons. The molecule has 20 heavy (non-hydrogen) atoms. The SMILES string of the molecule is CCNC(=NCCc1cc(F)cc(F)c1)N1CCCC1. The Morgan fingerprint density at radius 2 is 1.85 bits per heavy atom.